The molecule has 1 amide bonds. The number of likely N-dealkylation sites (tertiary alicyclic amines) is 1. The largest absolute Gasteiger partial charge is 0.342 e. The third kappa shape index (κ3) is 3.03. The van der Waals surface area contributed by atoms with E-state index in [-0.39, 0.29) is 5.41 Å². The number of rotatable bonds is 4. The summed E-state index contributed by atoms with van der Waals surface area (Å²) < 4.78 is 0. The van der Waals surface area contributed by atoms with Gasteiger partial charge in [0.25, 0.3) is 0 Å². The molecule has 23 heavy (non-hydrogen) atoms. The molecule has 2 N–H and O–H groups in total. The van der Waals surface area contributed by atoms with Crippen LogP contribution in [0.1, 0.15) is 63.0 Å². The normalized spacial score (nSPS) is 23.7. The van der Waals surface area contributed by atoms with Crippen molar-refractivity contribution in [3.63, 3.8) is 0 Å². The molecule has 3 heteroatoms. The Morgan fingerprint density at radius 1 is 1.26 bits per heavy atom. The summed E-state index contributed by atoms with van der Waals surface area (Å²) in [4.78, 5) is 15.4. The second kappa shape index (κ2) is 6.64. The Morgan fingerprint density at radius 3 is 2.43 bits per heavy atom. The zero-order valence-electron chi connectivity index (χ0n) is 14.6. The molecule has 1 aromatic rings. The predicted molar refractivity (Wildman–Crippen MR) is 94.4 cm³/mol. The molecule has 3 rings (SSSR count). The SMILES string of the molecule is CC(C)c1ccc(C2(C(=O)N3CCC(CN)C3)CCCC2)cc1. The molecule has 2 aliphatic rings. The summed E-state index contributed by atoms with van der Waals surface area (Å²) in [6.07, 6.45) is 5.37. The molecular weight excluding hydrogens is 284 g/mol. The lowest BCUT2D eigenvalue weighted by Gasteiger charge is -2.33. The molecule has 0 aromatic heterocycles. The van der Waals surface area contributed by atoms with E-state index in [1.54, 1.807) is 0 Å². The highest BCUT2D eigenvalue weighted by molar-refractivity contribution is 5.89. The lowest BCUT2D eigenvalue weighted by atomic mass is 9.77. The lowest BCUT2D eigenvalue weighted by molar-refractivity contribution is -0.136. The fraction of sp³-hybridized carbons (Fsp3) is 0.650. The molecule has 0 spiro atoms. The number of nitrogens with two attached hydrogens (primary N) is 1. The highest BCUT2D eigenvalue weighted by Crippen LogP contribution is 2.43. The van der Waals surface area contributed by atoms with Gasteiger partial charge in [-0.1, -0.05) is 51.0 Å². The van der Waals surface area contributed by atoms with Gasteiger partial charge in [-0.3, -0.25) is 4.79 Å². The van der Waals surface area contributed by atoms with Crippen molar-refractivity contribution in [3.05, 3.63) is 35.4 Å². The van der Waals surface area contributed by atoms with Crippen molar-refractivity contribution >= 4 is 5.91 Å². The third-order valence-electron chi connectivity index (χ3n) is 5.90. The van der Waals surface area contributed by atoms with Crippen LogP contribution in [-0.2, 0) is 10.2 Å². The van der Waals surface area contributed by atoms with Crippen LogP contribution in [-0.4, -0.2) is 30.4 Å². The third-order valence-corrected chi connectivity index (χ3v) is 5.90. The van der Waals surface area contributed by atoms with Crippen LogP contribution in [0.4, 0.5) is 0 Å². The van der Waals surface area contributed by atoms with Crippen molar-refractivity contribution in [1.82, 2.24) is 4.90 Å². The van der Waals surface area contributed by atoms with Crippen molar-refractivity contribution in [1.29, 1.82) is 0 Å². The molecular formula is C20H30N2O. The van der Waals surface area contributed by atoms with E-state index in [1.165, 1.54) is 11.1 Å². The minimum Gasteiger partial charge on any atom is -0.342 e. The highest BCUT2D eigenvalue weighted by Gasteiger charge is 2.46. The average molecular weight is 314 g/mol. The second-order valence-corrected chi connectivity index (χ2v) is 7.71. The molecule has 1 aliphatic carbocycles. The van der Waals surface area contributed by atoms with Gasteiger partial charge in [0.05, 0.1) is 5.41 Å². The molecule has 0 radical (unpaired) electrons. The molecule has 3 nitrogen and oxygen atoms in total. The molecule has 1 saturated carbocycles. The summed E-state index contributed by atoms with van der Waals surface area (Å²) in [5.74, 6) is 1.37. The first-order chi connectivity index (χ1) is 11.1. The molecule has 1 unspecified atom stereocenters. The van der Waals surface area contributed by atoms with Crippen LogP contribution in [0.25, 0.3) is 0 Å². The summed E-state index contributed by atoms with van der Waals surface area (Å²) >= 11 is 0. The van der Waals surface area contributed by atoms with Crippen LogP contribution in [0.5, 0.6) is 0 Å². The maximum absolute atomic E-state index is 13.3. The number of hydrogen-bond acceptors (Lipinski definition) is 2. The Balaban J connectivity index is 1.86. The molecule has 1 saturated heterocycles. The monoisotopic (exact) mass is 314 g/mol. The van der Waals surface area contributed by atoms with Crippen LogP contribution in [0.2, 0.25) is 0 Å². The summed E-state index contributed by atoms with van der Waals surface area (Å²) in [6.45, 7) is 6.85. The van der Waals surface area contributed by atoms with E-state index in [9.17, 15) is 4.79 Å². The number of carbonyl (C=O) groups excluding carboxylic acids is 1. The number of nitrogens with zero attached hydrogens (tertiary/aromatic N) is 1. The molecule has 2 fully saturated rings. The Kier molecular flexibility index (Phi) is 4.77. The van der Waals surface area contributed by atoms with Gasteiger partial charge in [-0.25, -0.2) is 0 Å². The van der Waals surface area contributed by atoms with Gasteiger partial charge in [0.15, 0.2) is 0 Å². The Morgan fingerprint density at radius 2 is 1.91 bits per heavy atom. The van der Waals surface area contributed by atoms with Crippen LogP contribution in [0.3, 0.4) is 0 Å². The number of amides is 1. The quantitative estimate of drug-likeness (QED) is 0.925. The molecule has 1 atom stereocenters. The zero-order chi connectivity index (χ0) is 16.4. The fourth-order valence-electron chi connectivity index (χ4n) is 4.30. The lowest BCUT2D eigenvalue weighted by Crippen LogP contribution is -2.44. The van der Waals surface area contributed by atoms with E-state index in [4.69, 9.17) is 5.73 Å². The second-order valence-electron chi connectivity index (χ2n) is 7.71. The van der Waals surface area contributed by atoms with E-state index in [0.717, 1.165) is 45.2 Å². The summed E-state index contributed by atoms with van der Waals surface area (Å²) in [7, 11) is 0. The highest BCUT2D eigenvalue weighted by atomic mass is 16.2. The van der Waals surface area contributed by atoms with E-state index < -0.39 is 0 Å². The van der Waals surface area contributed by atoms with E-state index in [1.807, 2.05) is 0 Å². The maximum atomic E-state index is 13.3. The van der Waals surface area contributed by atoms with Crippen LogP contribution in [0, 0.1) is 5.92 Å². The van der Waals surface area contributed by atoms with Crippen LogP contribution < -0.4 is 5.73 Å². The van der Waals surface area contributed by atoms with Crippen molar-refractivity contribution in [2.45, 2.75) is 57.3 Å². The average Bonchev–Trinajstić information content (AvgIpc) is 3.24. The smallest absolute Gasteiger partial charge is 0.233 e. The van der Waals surface area contributed by atoms with Crippen LogP contribution in [0.15, 0.2) is 24.3 Å². The topological polar surface area (TPSA) is 46.3 Å². The molecule has 1 aromatic carbocycles. The Hall–Kier alpha value is -1.35. The molecule has 0 bridgehead atoms. The Bertz CT molecular complexity index is 543. The summed E-state index contributed by atoms with van der Waals surface area (Å²) in [6, 6.07) is 8.82. The van der Waals surface area contributed by atoms with Gasteiger partial charge in [0, 0.05) is 13.1 Å². The predicted octanol–water partition coefficient (Wildman–Crippen LogP) is 3.43. The van der Waals surface area contributed by atoms with Gasteiger partial charge < -0.3 is 10.6 Å². The van der Waals surface area contributed by atoms with E-state index >= 15 is 0 Å². The number of carbonyl (C=O) groups is 1. The van der Waals surface area contributed by atoms with Gasteiger partial charge in [0.1, 0.15) is 0 Å². The minimum atomic E-state index is -0.279. The molecule has 1 aliphatic heterocycles. The number of hydrogen-bond donors (Lipinski definition) is 1. The van der Waals surface area contributed by atoms with Crippen LogP contribution >= 0.6 is 0 Å². The molecule has 126 valence electrons. The van der Waals surface area contributed by atoms with E-state index in [0.29, 0.717) is 24.3 Å². The summed E-state index contributed by atoms with van der Waals surface area (Å²) in [5, 5.41) is 0. The van der Waals surface area contributed by atoms with Gasteiger partial charge >= 0.3 is 0 Å². The van der Waals surface area contributed by atoms with Gasteiger partial charge in [-0.05, 0) is 48.8 Å². The van der Waals surface area contributed by atoms with Crippen molar-refractivity contribution in [3.8, 4) is 0 Å². The number of benzene rings is 1. The van der Waals surface area contributed by atoms with E-state index in [2.05, 4.69) is 43.0 Å². The van der Waals surface area contributed by atoms with Gasteiger partial charge in [0.2, 0.25) is 5.91 Å². The van der Waals surface area contributed by atoms with Crippen molar-refractivity contribution < 1.29 is 4.79 Å². The maximum Gasteiger partial charge on any atom is 0.233 e. The zero-order valence-corrected chi connectivity index (χ0v) is 14.6. The minimum absolute atomic E-state index is 0.279. The van der Waals surface area contributed by atoms with Gasteiger partial charge in [-0.2, -0.15) is 0 Å². The standard InChI is InChI=1S/C20H30N2O/c1-15(2)17-5-7-18(8-6-17)20(10-3-4-11-20)19(23)22-12-9-16(13-21)14-22/h5-8,15-16H,3-4,9-14,21H2,1-2H3. The van der Waals surface area contributed by atoms with Crippen molar-refractivity contribution in [2.24, 2.45) is 11.7 Å². The molecule has 1 heterocycles. The first-order valence-corrected chi connectivity index (χ1v) is 9.17. The summed E-state index contributed by atoms with van der Waals surface area (Å²) in [5.41, 5.74) is 8.09. The van der Waals surface area contributed by atoms with Crippen molar-refractivity contribution in [2.75, 3.05) is 19.6 Å². The Labute approximate surface area is 140 Å². The van der Waals surface area contributed by atoms with Gasteiger partial charge in [-0.15, -0.1) is 0 Å². The fourth-order valence-corrected chi connectivity index (χ4v) is 4.30. The first kappa shape index (κ1) is 16.5. The first-order valence-electron chi connectivity index (χ1n) is 9.17.